The lowest BCUT2D eigenvalue weighted by atomic mass is 9.93. The average molecular weight is 287 g/mol. The number of aliphatic hydroxyl groups excluding tert-OH is 1. The van der Waals surface area contributed by atoms with Gasteiger partial charge in [-0.2, -0.15) is 0 Å². The lowest BCUT2D eigenvalue weighted by Gasteiger charge is -2.22. The van der Waals surface area contributed by atoms with Crippen molar-refractivity contribution in [2.45, 2.75) is 32.3 Å². The van der Waals surface area contributed by atoms with Crippen molar-refractivity contribution < 1.29 is 9.90 Å². The first-order valence-electron chi connectivity index (χ1n) is 6.86. The van der Waals surface area contributed by atoms with Gasteiger partial charge in [0.1, 0.15) is 6.10 Å². The van der Waals surface area contributed by atoms with Crippen LogP contribution in [0.4, 0.5) is 5.69 Å². The maximum absolute atomic E-state index is 11.5. The topological polar surface area (TPSA) is 49.3 Å². The van der Waals surface area contributed by atoms with Crippen LogP contribution in [0.1, 0.15) is 41.0 Å². The van der Waals surface area contributed by atoms with Crippen LogP contribution in [0.5, 0.6) is 0 Å². The quantitative estimate of drug-likeness (QED) is 0.910. The van der Waals surface area contributed by atoms with E-state index in [0.29, 0.717) is 6.42 Å². The molecule has 2 heterocycles. The second kappa shape index (κ2) is 5.38. The highest BCUT2D eigenvalue weighted by Crippen LogP contribution is 2.33. The third-order valence-corrected chi connectivity index (χ3v) is 4.64. The Hall–Kier alpha value is -1.65. The number of carbonyl (C=O) groups is 1. The highest BCUT2D eigenvalue weighted by Gasteiger charge is 2.21. The van der Waals surface area contributed by atoms with Gasteiger partial charge in [-0.25, -0.2) is 0 Å². The minimum absolute atomic E-state index is 0.0822. The normalized spacial score (nSPS) is 15.6. The van der Waals surface area contributed by atoms with Gasteiger partial charge in [0.05, 0.1) is 0 Å². The summed E-state index contributed by atoms with van der Waals surface area (Å²) in [4.78, 5) is 12.5. The second-order valence-electron chi connectivity index (χ2n) is 5.03. The fourth-order valence-electron chi connectivity index (χ4n) is 2.65. The molecular formula is C16H17NO2S. The molecule has 0 saturated heterocycles. The van der Waals surface area contributed by atoms with E-state index in [2.05, 4.69) is 12.2 Å². The molecule has 1 atom stereocenters. The summed E-state index contributed by atoms with van der Waals surface area (Å²) >= 11 is 1.56. The molecule has 2 aromatic rings. The largest absolute Gasteiger partial charge is 0.383 e. The van der Waals surface area contributed by atoms with Crippen LogP contribution >= 0.6 is 11.3 Å². The number of anilines is 1. The molecule has 1 unspecified atom stereocenters. The van der Waals surface area contributed by atoms with Crippen LogP contribution in [0.3, 0.4) is 0 Å². The molecule has 1 aliphatic heterocycles. The summed E-state index contributed by atoms with van der Waals surface area (Å²) < 4.78 is 0. The van der Waals surface area contributed by atoms with Crippen LogP contribution in [0, 0.1) is 0 Å². The van der Waals surface area contributed by atoms with E-state index in [1.165, 1.54) is 0 Å². The fourth-order valence-corrected chi connectivity index (χ4v) is 3.39. The van der Waals surface area contributed by atoms with Crippen molar-refractivity contribution in [3.63, 3.8) is 0 Å². The van der Waals surface area contributed by atoms with Crippen molar-refractivity contribution in [1.82, 2.24) is 0 Å². The molecule has 2 N–H and O–H groups in total. The molecule has 0 fully saturated rings. The Morgan fingerprint density at radius 3 is 2.95 bits per heavy atom. The van der Waals surface area contributed by atoms with E-state index < -0.39 is 6.10 Å². The third-order valence-electron chi connectivity index (χ3n) is 3.72. The van der Waals surface area contributed by atoms with Gasteiger partial charge in [0.2, 0.25) is 5.91 Å². The van der Waals surface area contributed by atoms with E-state index >= 15 is 0 Å². The Balaban J connectivity index is 2.03. The van der Waals surface area contributed by atoms with Crippen LogP contribution < -0.4 is 5.32 Å². The molecule has 1 aliphatic rings. The van der Waals surface area contributed by atoms with E-state index in [0.717, 1.165) is 40.1 Å². The summed E-state index contributed by atoms with van der Waals surface area (Å²) in [6.07, 6.45) is 1.53. The molecule has 0 spiro atoms. The van der Waals surface area contributed by atoms with Crippen molar-refractivity contribution in [3.8, 4) is 0 Å². The minimum atomic E-state index is -0.580. The third kappa shape index (κ3) is 2.37. The number of hydrogen-bond donors (Lipinski definition) is 2. The molecule has 0 aliphatic carbocycles. The van der Waals surface area contributed by atoms with Crippen LogP contribution in [-0.2, 0) is 17.6 Å². The van der Waals surface area contributed by atoms with Crippen molar-refractivity contribution in [2.75, 3.05) is 5.32 Å². The van der Waals surface area contributed by atoms with Gasteiger partial charge >= 0.3 is 0 Å². The standard InChI is InChI=1S/C16H17NO2S/c1-2-10-8-12(16(19)13-4-3-7-20-13)9-11-5-6-14(18)17-15(10)11/h3-4,7-9,16,19H,2,5-6H2,1H3,(H,17,18). The molecule has 0 radical (unpaired) electrons. The van der Waals surface area contributed by atoms with Crippen LogP contribution in [0.25, 0.3) is 0 Å². The van der Waals surface area contributed by atoms with Crippen molar-refractivity contribution >= 4 is 22.9 Å². The Morgan fingerprint density at radius 1 is 1.40 bits per heavy atom. The predicted molar refractivity (Wildman–Crippen MR) is 81.2 cm³/mol. The van der Waals surface area contributed by atoms with E-state index in [9.17, 15) is 9.90 Å². The lowest BCUT2D eigenvalue weighted by Crippen LogP contribution is -2.21. The molecule has 0 bridgehead atoms. The van der Waals surface area contributed by atoms with E-state index in [1.807, 2.05) is 29.6 Å². The van der Waals surface area contributed by atoms with Crippen molar-refractivity contribution in [2.24, 2.45) is 0 Å². The number of benzene rings is 1. The van der Waals surface area contributed by atoms with Crippen molar-refractivity contribution in [1.29, 1.82) is 0 Å². The van der Waals surface area contributed by atoms with Gasteiger partial charge in [0.15, 0.2) is 0 Å². The summed E-state index contributed by atoms with van der Waals surface area (Å²) in [5.74, 6) is 0.0822. The number of thiophene rings is 1. The van der Waals surface area contributed by atoms with Gasteiger partial charge in [-0.05, 0) is 41.0 Å². The molecule has 1 aromatic heterocycles. The van der Waals surface area contributed by atoms with Crippen molar-refractivity contribution in [3.05, 3.63) is 51.2 Å². The Bertz CT molecular complexity index is 617. The number of hydrogen-bond acceptors (Lipinski definition) is 3. The molecule has 1 aromatic carbocycles. The highest BCUT2D eigenvalue weighted by atomic mass is 32.1. The van der Waals surface area contributed by atoms with Crippen LogP contribution in [0.15, 0.2) is 29.6 Å². The highest BCUT2D eigenvalue weighted by molar-refractivity contribution is 7.10. The van der Waals surface area contributed by atoms with Crippen LogP contribution in [-0.4, -0.2) is 11.0 Å². The van der Waals surface area contributed by atoms with Gasteiger partial charge in [-0.1, -0.05) is 25.1 Å². The van der Waals surface area contributed by atoms with Crippen LogP contribution in [0.2, 0.25) is 0 Å². The fraction of sp³-hybridized carbons (Fsp3) is 0.312. The molecule has 0 saturated carbocycles. The number of rotatable bonds is 3. The molecular weight excluding hydrogens is 270 g/mol. The maximum Gasteiger partial charge on any atom is 0.224 e. The summed E-state index contributed by atoms with van der Waals surface area (Å²) in [5, 5.41) is 15.4. The molecule has 20 heavy (non-hydrogen) atoms. The second-order valence-corrected chi connectivity index (χ2v) is 6.01. The molecule has 104 valence electrons. The molecule has 3 nitrogen and oxygen atoms in total. The lowest BCUT2D eigenvalue weighted by molar-refractivity contribution is -0.116. The zero-order valence-corrected chi connectivity index (χ0v) is 12.2. The van der Waals surface area contributed by atoms with E-state index in [-0.39, 0.29) is 5.91 Å². The molecule has 4 heteroatoms. The van der Waals surface area contributed by atoms with E-state index in [4.69, 9.17) is 0 Å². The predicted octanol–water partition coefficient (Wildman–Crippen LogP) is 3.28. The maximum atomic E-state index is 11.5. The summed E-state index contributed by atoms with van der Waals surface area (Å²) in [6.45, 7) is 2.07. The minimum Gasteiger partial charge on any atom is -0.383 e. The first-order chi connectivity index (χ1) is 9.69. The first-order valence-corrected chi connectivity index (χ1v) is 7.74. The summed E-state index contributed by atoms with van der Waals surface area (Å²) in [7, 11) is 0. The SMILES string of the molecule is CCc1cc(C(O)c2cccs2)cc2c1NC(=O)CC2. The zero-order chi connectivity index (χ0) is 14.1. The van der Waals surface area contributed by atoms with Gasteiger partial charge < -0.3 is 10.4 Å². The van der Waals surface area contributed by atoms with Gasteiger partial charge in [0, 0.05) is 17.0 Å². The number of amides is 1. The number of aryl methyl sites for hydroxylation is 2. The number of fused-ring (bicyclic) bond motifs is 1. The zero-order valence-electron chi connectivity index (χ0n) is 11.3. The first kappa shape index (κ1) is 13.3. The van der Waals surface area contributed by atoms with E-state index in [1.54, 1.807) is 11.3 Å². The Labute approximate surface area is 122 Å². The molecule has 1 amide bonds. The number of carbonyl (C=O) groups excluding carboxylic acids is 1. The Morgan fingerprint density at radius 2 is 2.25 bits per heavy atom. The smallest absolute Gasteiger partial charge is 0.224 e. The van der Waals surface area contributed by atoms with Gasteiger partial charge in [-0.15, -0.1) is 11.3 Å². The number of nitrogens with one attached hydrogen (secondary N) is 1. The summed E-state index contributed by atoms with van der Waals surface area (Å²) in [5.41, 5.74) is 4.10. The molecule has 3 rings (SSSR count). The number of aliphatic hydroxyl groups is 1. The average Bonchev–Trinajstić information content (AvgIpc) is 2.99. The Kier molecular flexibility index (Phi) is 3.59. The monoisotopic (exact) mass is 287 g/mol. The van der Waals surface area contributed by atoms with Gasteiger partial charge in [-0.3, -0.25) is 4.79 Å². The summed E-state index contributed by atoms with van der Waals surface area (Å²) in [6, 6.07) is 7.93. The van der Waals surface area contributed by atoms with Gasteiger partial charge in [0.25, 0.3) is 0 Å².